The number of aliphatic hydroxyl groups is 1. The molecule has 6 rings (SSSR count). The van der Waals surface area contributed by atoms with E-state index in [1.807, 2.05) is 0 Å². The molecule has 0 atom stereocenters. The summed E-state index contributed by atoms with van der Waals surface area (Å²) in [5.74, 6) is -0.404. The number of amides is 1. The van der Waals surface area contributed by atoms with Crippen LogP contribution in [0.4, 0.5) is 5.69 Å². The number of anilines is 1. The number of carbonyl (C=O) groups excluding carboxylic acids is 1. The molecule has 0 spiro atoms. The van der Waals surface area contributed by atoms with Crippen LogP contribution >= 0.6 is 22.9 Å². The Morgan fingerprint density at radius 2 is 2.00 bits per heavy atom. The lowest BCUT2D eigenvalue weighted by Crippen LogP contribution is -2.57. The van der Waals surface area contributed by atoms with Crippen molar-refractivity contribution in [2.45, 2.75) is 42.6 Å². The Morgan fingerprint density at radius 3 is 2.75 bits per heavy atom. The molecule has 4 aromatic rings. The molecule has 0 saturated heterocycles. The lowest BCUT2D eigenvalue weighted by atomic mass is 9.71. The van der Waals surface area contributed by atoms with Gasteiger partial charge in [-0.3, -0.25) is 14.5 Å². The highest BCUT2D eigenvalue weighted by Crippen LogP contribution is 2.42. The van der Waals surface area contributed by atoms with E-state index in [-0.39, 0.29) is 23.1 Å². The molecule has 2 fully saturated rings. The van der Waals surface area contributed by atoms with E-state index in [1.165, 1.54) is 17.5 Å². The zero-order valence-corrected chi connectivity index (χ0v) is 21.1. The first-order chi connectivity index (χ1) is 17.2. The highest BCUT2D eigenvalue weighted by Gasteiger charge is 2.48. The van der Waals surface area contributed by atoms with Crippen molar-refractivity contribution >= 4 is 50.1 Å². The smallest absolute Gasteiger partial charge is 0.281 e. The molecule has 13 heteroatoms. The molecule has 0 unspecified atom stereocenters. The zero-order valence-electron chi connectivity index (χ0n) is 18.8. The Balaban J connectivity index is 1.25. The number of rotatable bonds is 7. The fourth-order valence-electron chi connectivity index (χ4n) is 4.42. The van der Waals surface area contributed by atoms with Crippen molar-refractivity contribution < 1.29 is 18.3 Å². The minimum atomic E-state index is -3.44. The summed E-state index contributed by atoms with van der Waals surface area (Å²) in [5, 5.41) is 17.9. The molecule has 1 amide bonds. The second-order valence-corrected chi connectivity index (χ2v) is 12.6. The molecule has 36 heavy (non-hydrogen) atoms. The highest BCUT2D eigenvalue weighted by molar-refractivity contribution is 7.93. The van der Waals surface area contributed by atoms with Gasteiger partial charge in [0.25, 0.3) is 5.91 Å². The second-order valence-electron chi connectivity index (χ2n) is 9.14. The maximum Gasteiger partial charge on any atom is 0.281 e. The van der Waals surface area contributed by atoms with Crippen molar-refractivity contribution in [1.82, 2.24) is 24.9 Å². The van der Waals surface area contributed by atoms with Crippen molar-refractivity contribution in [2.75, 3.05) is 4.72 Å². The molecule has 3 N–H and O–H groups in total. The van der Waals surface area contributed by atoms with Crippen molar-refractivity contribution in [1.29, 1.82) is 0 Å². The van der Waals surface area contributed by atoms with E-state index < -0.39 is 27.6 Å². The summed E-state index contributed by atoms with van der Waals surface area (Å²) in [6, 6.07) is 6.72. The van der Waals surface area contributed by atoms with Gasteiger partial charge < -0.3 is 10.4 Å². The normalized spacial score (nSPS) is 21.8. The van der Waals surface area contributed by atoms with Gasteiger partial charge in [-0.25, -0.2) is 17.9 Å². The van der Waals surface area contributed by atoms with Gasteiger partial charge in [0.2, 0.25) is 10.0 Å². The molecule has 4 heterocycles. The van der Waals surface area contributed by atoms with Gasteiger partial charge in [0.1, 0.15) is 0 Å². The third-order valence-electron chi connectivity index (χ3n) is 6.44. The summed E-state index contributed by atoms with van der Waals surface area (Å²) in [4.78, 5) is 22.7. The van der Waals surface area contributed by atoms with Gasteiger partial charge in [-0.1, -0.05) is 11.6 Å². The summed E-state index contributed by atoms with van der Waals surface area (Å²) in [7, 11) is -3.44. The van der Waals surface area contributed by atoms with Crippen molar-refractivity contribution in [3.8, 4) is 10.4 Å². The predicted octanol–water partition coefficient (Wildman–Crippen LogP) is 3.19. The summed E-state index contributed by atoms with van der Waals surface area (Å²) >= 11 is 7.36. The molecule has 2 aliphatic rings. The van der Waals surface area contributed by atoms with Crippen molar-refractivity contribution in [3.63, 3.8) is 0 Å². The minimum absolute atomic E-state index is 0.248. The lowest BCUT2D eigenvalue weighted by Gasteiger charge is -2.45. The topological polar surface area (TPSA) is 139 Å². The quantitative estimate of drug-likeness (QED) is 0.325. The number of nitrogens with zero attached hydrogens (tertiary/aromatic N) is 4. The maximum atomic E-state index is 13.2. The Kier molecular flexibility index (Phi) is 5.52. The standard InChI is InChI=1S/C23H21ClN6O4S2/c24-13-4-6-30-18(7-13)17(11-27-30)19-12-26-22(35-19)21(32)28-23(9-15(31)10-23)20-8-14(3-5-25-20)29-36(33,34)16-1-2-16/h3-8,11-12,15-16,31H,1-2,9-10H2,(H,25,29)(H,28,32)/t15-,23-. The van der Waals surface area contributed by atoms with Gasteiger partial charge in [-0.05, 0) is 37.1 Å². The third kappa shape index (κ3) is 4.23. The SMILES string of the molecule is O=C(N[C@]1(c2cc(NS(=O)(=O)C3CC3)ccn2)C[C@@H](O)C1)c1ncc(-c2cnn3ccc(Cl)cc23)s1. The number of pyridine rings is 2. The largest absolute Gasteiger partial charge is 0.393 e. The Bertz CT molecular complexity index is 1590. The average molecular weight is 545 g/mol. The number of thiazole rings is 1. The van der Waals surface area contributed by atoms with Gasteiger partial charge in [-0.2, -0.15) is 5.10 Å². The van der Waals surface area contributed by atoms with E-state index in [2.05, 4.69) is 25.1 Å². The number of sulfonamides is 1. The van der Waals surface area contributed by atoms with Crippen LogP contribution < -0.4 is 10.0 Å². The van der Waals surface area contributed by atoms with E-state index in [9.17, 15) is 18.3 Å². The van der Waals surface area contributed by atoms with E-state index in [4.69, 9.17) is 11.6 Å². The van der Waals surface area contributed by atoms with Crippen LogP contribution in [0.15, 0.2) is 49.1 Å². The van der Waals surface area contributed by atoms with E-state index >= 15 is 0 Å². The van der Waals surface area contributed by atoms with Gasteiger partial charge >= 0.3 is 0 Å². The average Bonchev–Trinajstić information content (AvgIpc) is 3.44. The Morgan fingerprint density at radius 1 is 1.19 bits per heavy atom. The second kappa shape index (κ2) is 8.51. The van der Waals surface area contributed by atoms with Crippen LogP contribution in [0.2, 0.25) is 5.02 Å². The third-order valence-corrected chi connectivity index (χ3v) is 9.58. The Hall–Kier alpha value is -3.06. The van der Waals surface area contributed by atoms with Gasteiger partial charge in [0, 0.05) is 42.0 Å². The van der Waals surface area contributed by atoms with Crippen LogP contribution in [0, 0.1) is 0 Å². The molecule has 0 bridgehead atoms. The van der Waals surface area contributed by atoms with E-state index in [0.717, 1.165) is 16.0 Å². The number of fused-ring (bicyclic) bond motifs is 1. The van der Waals surface area contributed by atoms with Gasteiger partial charge in [-0.15, -0.1) is 11.3 Å². The summed E-state index contributed by atoms with van der Waals surface area (Å²) < 4.78 is 29.0. The zero-order chi connectivity index (χ0) is 25.1. The van der Waals surface area contributed by atoms with Crippen LogP contribution in [0.1, 0.15) is 41.2 Å². The maximum absolute atomic E-state index is 13.2. The first kappa shape index (κ1) is 23.3. The van der Waals surface area contributed by atoms with Crippen molar-refractivity contribution in [3.05, 3.63) is 64.8 Å². The fourth-order valence-corrected chi connectivity index (χ4v) is 6.79. The first-order valence-corrected chi connectivity index (χ1v) is 14.0. The predicted molar refractivity (Wildman–Crippen MR) is 135 cm³/mol. The number of hydrogen-bond acceptors (Lipinski definition) is 8. The van der Waals surface area contributed by atoms with Crippen LogP contribution in [0.5, 0.6) is 0 Å². The van der Waals surface area contributed by atoms with Crippen LogP contribution in [0.3, 0.4) is 0 Å². The molecule has 2 aliphatic carbocycles. The van der Waals surface area contributed by atoms with E-state index in [1.54, 1.807) is 47.4 Å². The fraction of sp³-hybridized carbons (Fsp3) is 0.304. The van der Waals surface area contributed by atoms with Crippen LogP contribution in [-0.2, 0) is 15.6 Å². The Labute approximate surface area is 215 Å². The molecular formula is C23H21ClN6O4S2. The van der Waals surface area contributed by atoms with Gasteiger partial charge in [0.05, 0.1) is 44.9 Å². The number of carbonyl (C=O) groups is 1. The number of aromatic nitrogens is 4. The monoisotopic (exact) mass is 544 g/mol. The summed E-state index contributed by atoms with van der Waals surface area (Å²) in [6.07, 6.45) is 7.78. The van der Waals surface area contributed by atoms with Crippen molar-refractivity contribution in [2.24, 2.45) is 0 Å². The number of aliphatic hydroxyl groups excluding tert-OH is 1. The lowest BCUT2D eigenvalue weighted by molar-refractivity contribution is -0.00109. The molecule has 0 aromatic carbocycles. The minimum Gasteiger partial charge on any atom is -0.393 e. The summed E-state index contributed by atoms with van der Waals surface area (Å²) in [6.45, 7) is 0. The molecule has 0 aliphatic heterocycles. The van der Waals surface area contributed by atoms with Crippen LogP contribution in [-0.4, -0.2) is 50.4 Å². The first-order valence-electron chi connectivity index (χ1n) is 11.3. The molecule has 10 nitrogen and oxygen atoms in total. The number of halogens is 1. The molecule has 2 saturated carbocycles. The molecule has 186 valence electrons. The molecular weight excluding hydrogens is 524 g/mol. The van der Waals surface area contributed by atoms with Gasteiger partial charge in [0.15, 0.2) is 5.01 Å². The number of nitrogens with one attached hydrogen (secondary N) is 2. The van der Waals surface area contributed by atoms with Crippen LogP contribution in [0.25, 0.3) is 16.0 Å². The highest BCUT2D eigenvalue weighted by atomic mass is 35.5. The van der Waals surface area contributed by atoms with E-state index in [0.29, 0.717) is 29.2 Å². The number of hydrogen-bond donors (Lipinski definition) is 3. The molecule has 4 aromatic heterocycles. The molecule has 0 radical (unpaired) electrons. The summed E-state index contributed by atoms with van der Waals surface area (Å²) in [5.41, 5.74) is 1.53.